The van der Waals surface area contributed by atoms with Crippen molar-refractivity contribution in [3.63, 3.8) is 0 Å². The molecule has 0 radical (unpaired) electrons. The summed E-state index contributed by atoms with van der Waals surface area (Å²) in [4.78, 5) is 0. The molecule has 0 aliphatic rings. The van der Waals surface area contributed by atoms with Gasteiger partial charge in [0, 0.05) is 26.3 Å². The Bertz CT molecular complexity index is 89.1. The first-order valence-corrected chi connectivity index (χ1v) is 4.43. The Balaban J connectivity index is 3.84. The first-order valence-electron chi connectivity index (χ1n) is 4.43. The van der Waals surface area contributed by atoms with E-state index >= 15 is 0 Å². The van der Waals surface area contributed by atoms with E-state index in [1.165, 1.54) is 0 Å². The molecule has 0 aromatic heterocycles. The van der Waals surface area contributed by atoms with Gasteiger partial charge in [-0.1, -0.05) is 0 Å². The summed E-state index contributed by atoms with van der Waals surface area (Å²) in [5.41, 5.74) is 11.0. The Labute approximate surface area is 74.2 Å². The van der Waals surface area contributed by atoms with Crippen LogP contribution < -0.4 is 11.5 Å². The van der Waals surface area contributed by atoms with E-state index in [-0.39, 0.29) is 12.2 Å². The molecule has 0 spiro atoms. The Morgan fingerprint density at radius 2 is 1.25 bits per heavy atom. The summed E-state index contributed by atoms with van der Waals surface area (Å²) >= 11 is 0. The van der Waals surface area contributed by atoms with Crippen LogP contribution in [-0.2, 0) is 9.47 Å². The summed E-state index contributed by atoms with van der Waals surface area (Å²) in [6.07, 6.45) is -0.139. The molecule has 0 fully saturated rings. The van der Waals surface area contributed by atoms with Crippen LogP contribution in [0.25, 0.3) is 0 Å². The fourth-order valence-electron chi connectivity index (χ4n) is 1.08. The lowest BCUT2D eigenvalue weighted by atomic mass is 10.2. The molecular formula is C8H20N2O2. The van der Waals surface area contributed by atoms with Crippen molar-refractivity contribution in [2.45, 2.75) is 26.1 Å². The van der Waals surface area contributed by atoms with Crippen molar-refractivity contribution >= 4 is 0 Å². The summed E-state index contributed by atoms with van der Waals surface area (Å²) in [7, 11) is 0. The molecule has 0 amide bonds. The fourth-order valence-corrected chi connectivity index (χ4v) is 1.08. The van der Waals surface area contributed by atoms with E-state index in [9.17, 15) is 0 Å². The first-order chi connectivity index (χ1) is 5.79. The molecule has 0 unspecified atom stereocenters. The average Bonchev–Trinajstić information content (AvgIpc) is 2.11. The van der Waals surface area contributed by atoms with Crippen molar-refractivity contribution in [2.24, 2.45) is 11.5 Å². The fraction of sp³-hybridized carbons (Fsp3) is 1.00. The topological polar surface area (TPSA) is 70.5 Å². The number of hydrogen-bond acceptors (Lipinski definition) is 4. The Morgan fingerprint density at radius 1 is 0.917 bits per heavy atom. The van der Waals surface area contributed by atoms with Crippen molar-refractivity contribution < 1.29 is 9.47 Å². The van der Waals surface area contributed by atoms with E-state index in [2.05, 4.69) is 0 Å². The number of hydrogen-bond donors (Lipinski definition) is 2. The van der Waals surface area contributed by atoms with Crippen LogP contribution in [-0.4, -0.2) is 38.5 Å². The van der Waals surface area contributed by atoms with E-state index in [4.69, 9.17) is 20.9 Å². The predicted octanol–water partition coefficient (Wildman–Crippen LogP) is -0.286. The van der Waals surface area contributed by atoms with Gasteiger partial charge in [-0.2, -0.15) is 0 Å². The molecule has 2 atom stereocenters. The zero-order chi connectivity index (χ0) is 9.40. The van der Waals surface area contributed by atoms with Crippen molar-refractivity contribution in [2.75, 3.05) is 26.3 Å². The van der Waals surface area contributed by atoms with Gasteiger partial charge >= 0.3 is 0 Å². The maximum absolute atomic E-state index is 5.51. The molecule has 4 heteroatoms. The van der Waals surface area contributed by atoms with Crippen LogP contribution in [0.4, 0.5) is 0 Å². The number of ether oxygens (including phenoxy) is 2. The van der Waals surface area contributed by atoms with Gasteiger partial charge in [-0.05, 0) is 13.8 Å². The van der Waals surface area contributed by atoms with Crippen molar-refractivity contribution in [3.8, 4) is 0 Å². The van der Waals surface area contributed by atoms with Gasteiger partial charge in [0.2, 0.25) is 0 Å². The van der Waals surface area contributed by atoms with Gasteiger partial charge in [0.15, 0.2) is 0 Å². The molecule has 0 aliphatic carbocycles. The molecule has 74 valence electrons. The third-order valence-corrected chi connectivity index (χ3v) is 1.64. The summed E-state index contributed by atoms with van der Waals surface area (Å²) < 4.78 is 10.7. The van der Waals surface area contributed by atoms with Crippen LogP contribution in [0, 0.1) is 0 Å². The van der Waals surface area contributed by atoms with Gasteiger partial charge in [0.1, 0.15) is 0 Å². The lowest BCUT2D eigenvalue weighted by molar-refractivity contribution is -0.0575. The third kappa shape index (κ3) is 4.01. The standard InChI is InChI=1S/C8H20N2O2/c1-3-11-7(5-9)8(6-10)12-4-2/h7-8H,3-6,9-10H2,1-2H3/t7-,8-/m0/s1. The largest absolute Gasteiger partial charge is 0.374 e. The molecule has 4 N–H and O–H groups in total. The highest BCUT2D eigenvalue weighted by molar-refractivity contribution is 4.72. The first kappa shape index (κ1) is 11.8. The molecule has 0 heterocycles. The van der Waals surface area contributed by atoms with E-state index < -0.39 is 0 Å². The smallest absolute Gasteiger partial charge is 0.0970 e. The molecule has 0 rings (SSSR count). The molecule has 0 saturated carbocycles. The quantitative estimate of drug-likeness (QED) is 0.559. The second-order valence-corrected chi connectivity index (χ2v) is 2.46. The monoisotopic (exact) mass is 176 g/mol. The Kier molecular flexibility index (Phi) is 7.39. The zero-order valence-electron chi connectivity index (χ0n) is 7.95. The van der Waals surface area contributed by atoms with Crippen LogP contribution in [0.2, 0.25) is 0 Å². The molecule has 0 saturated heterocycles. The van der Waals surface area contributed by atoms with Gasteiger partial charge < -0.3 is 20.9 Å². The van der Waals surface area contributed by atoms with Gasteiger partial charge in [0.25, 0.3) is 0 Å². The predicted molar refractivity (Wildman–Crippen MR) is 48.9 cm³/mol. The van der Waals surface area contributed by atoms with Crippen molar-refractivity contribution in [1.82, 2.24) is 0 Å². The van der Waals surface area contributed by atoms with E-state index in [1.807, 2.05) is 13.8 Å². The molecule has 0 aliphatic heterocycles. The molecule has 0 aromatic carbocycles. The lowest BCUT2D eigenvalue weighted by Crippen LogP contribution is -2.42. The van der Waals surface area contributed by atoms with Gasteiger partial charge in [-0.15, -0.1) is 0 Å². The second kappa shape index (κ2) is 7.49. The van der Waals surface area contributed by atoms with Crippen LogP contribution in [0.1, 0.15) is 13.8 Å². The highest BCUT2D eigenvalue weighted by Gasteiger charge is 2.18. The third-order valence-electron chi connectivity index (χ3n) is 1.64. The molecule has 0 bridgehead atoms. The summed E-state index contributed by atoms with van der Waals surface area (Å²) in [5, 5.41) is 0. The maximum Gasteiger partial charge on any atom is 0.0970 e. The normalized spacial score (nSPS) is 16.0. The summed E-state index contributed by atoms with van der Waals surface area (Å²) in [5.74, 6) is 0. The lowest BCUT2D eigenvalue weighted by Gasteiger charge is -2.24. The number of rotatable bonds is 7. The number of nitrogens with two attached hydrogens (primary N) is 2. The SMILES string of the molecule is CCO[C@@H](CN)[C@H](CN)OCC. The summed E-state index contributed by atoms with van der Waals surface area (Å²) in [6.45, 7) is 6.06. The molecule has 12 heavy (non-hydrogen) atoms. The average molecular weight is 176 g/mol. The van der Waals surface area contributed by atoms with Crippen LogP contribution in [0.15, 0.2) is 0 Å². The van der Waals surface area contributed by atoms with Gasteiger partial charge in [-0.25, -0.2) is 0 Å². The maximum atomic E-state index is 5.51. The van der Waals surface area contributed by atoms with Crippen LogP contribution in [0.3, 0.4) is 0 Å². The van der Waals surface area contributed by atoms with E-state index in [0.717, 1.165) is 0 Å². The molecule has 4 nitrogen and oxygen atoms in total. The molecule has 0 aromatic rings. The van der Waals surface area contributed by atoms with E-state index in [1.54, 1.807) is 0 Å². The van der Waals surface area contributed by atoms with Crippen LogP contribution in [0.5, 0.6) is 0 Å². The van der Waals surface area contributed by atoms with E-state index in [0.29, 0.717) is 26.3 Å². The molecular weight excluding hydrogens is 156 g/mol. The van der Waals surface area contributed by atoms with Crippen molar-refractivity contribution in [3.05, 3.63) is 0 Å². The van der Waals surface area contributed by atoms with Crippen molar-refractivity contribution in [1.29, 1.82) is 0 Å². The minimum Gasteiger partial charge on any atom is -0.374 e. The Hall–Kier alpha value is -0.160. The van der Waals surface area contributed by atoms with Gasteiger partial charge in [-0.3, -0.25) is 0 Å². The van der Waals surface area contributed by atoms with Gasteiger partial charge in [0.05, 0.1) is 12.2 Å². The van der Waals surface area contributed by atoms with Crippen LogP contribution >= 0.6 is 0 Å². The Morgan fingerprint density at radius 3 is 1.42 bits per heavy atom. The minimum absolute atomic E-state index is 0.0695. The second-order valence-electron chi connectivity index (χ2n) is 2.46. The minimum atomic E-state index is -0.0695. The zero-order valence-corrected chi connectivity index (χ0v) is 7.95. The summed E-state index contributed by atoms with van der Waals surface area (Å²) in [6, 6.07) is 0. The highest BCUT2D eigenvalue weighted by atomic mass is 16.5. The highest BCUT2D eigenvalue weighted by Crippen LogP contribution is 2.01.